The van der Waals surface area contributed by atoms with Crippen LogP contribution in [-0.4, -0.2) is 25.3 Å². The molecule has 0 aromatic heterocycles. The molecule has 0 unspecified atom stereocenters. The summed E-state index contributed by atoms with van der Waals surface area (Å²) in [7, 11) is 1.35. The third-order valence-corrected chi connectivity index (χ3v) is 4.73. The Morgan fingerprint density at radius 3 is 2.68 bits per heavy atom. The molecule has 0 N–H and O–H groups in total. The van der Waals surface area contributed by atoms with Crippen LogP contribution in [0.15, 0.2) is 46.9 Å². The Hall–Kier alpha value is -2.41. The van der Waals surface area contributed by atoms with Crippen molar-refractivity contribution in [3.05, 3.63) is 58.9 Å². The van der Waals surface area contributed by atoms with Crippen LogP contribution in [0.3, 0.4) is 0 Å². The van der Waals surface area contributed by atoms with E-state index in [-0.39, 0.29) is 17.3 Å². The van der Waals surface area contributed by atoms with Crippen LogP contribution in [0.5, 0.6) is 11.5 Å². The number of benzene rings is 2. The minimum absolute atomic E-state index is 0.116. The molecule has 3 nitrogen and oxygen atoms in total. The molecule has 0 amide bonds. The highest BCUT2D eigenvalue weighted by Crippen LogP contribution is 2.35. The van der Waals surface area contributed by atoms with Gasteiger partial charge in [0.15, 0.2) is 17.3 Å². The molecule has 0 spiro atoms. The zero-order valence-electron chi connectivity index (χ0n) is 13.1. The van der Waals surface area contributed by atoms with Crippen molar-refractivity contribution in [3.8, 4) is 11.5 Å². The lowest BCUT2D eigenvalue weighted by molar-refractivity contribution is -0.0512. The number of ketones is 1. The van der Waals surface area contributed by atoms with Crippen LogP contribution < -0.4 is 9.47 Å². The smallest absolute Gasteiger partial charge is 0.387 e. The number of hydrogen-bond acceptors (Lipinski definition) is 4. The molecule has 1 heterocycles. The number of thioether (sulfide) groups is 1. The molecular formula is C18H13F3O3S. The van der Waals surface area contributed by atoms with Crippen molar-refractivity contribution in [2.75, 3.05) is 12.9 Å². The molecule has 0 bridgehead atoms. The first-order valence-corrected chi connectivity index (χ1v) is 8.27. The Bertz CT molecular complexity index is 849. The van der Waals surface area contributed by atoms with Crippen LogP contribution in [0.25, 0.3) is 6.08 Å². The van der Waals surface area contributed by atoms with Gasteiger partial charge in [0.2, 0.25) is 0 Å². The molecule has 0 radical (unpaired) electrons. The predicted molar refractivity (Wildman–Crippen MR) is 89.1 cm³/mol. The Morgan fingerprint density at radius 1 is 1.16 bits per heavy atom. The van der Waals surface area contributed by atoms with Gasteiger partial charge in [-0.15, -0.1) is 11.8 Å². The number of Topliss-reactive ketones (excluding diaryl/α,β-unsaturated/α-hetero) is 1. The summed E-state index contributed by atoms with van der Waals surface area (Å²) in [6.07, 6.45) is 1.58. The van der Waals surface area contributed by atoms with E-state index in [4.69, 9.17) is 4.74 Å². The van der Waals surface area contributed by atoms with Crippen molar-refractivity contribution in [2.45, 2.75) is 11.5 Å². The van der Waals surface area contributed by atoms with E-state index in [0.717, 1.165) is 4.90 Å². The molecule has 2 aromatic rings. The summed E-state index contributed by atoms with van der Waals surface area (Å²) in [6.45, 7) is -2.99. The van der Waals surface area contributed by atoms with Crippen LogP contribution in [0.1, 0.15) is 15.9 Å². The van der Waals surface area contributed by atoms with Crippen molar-refractivity contribution in [1.29, 1.82) is 0 Å². The maximum Gasteiger partial charge on any atom is 0.387 e. The van der Waals surface area contributed by atoms with E-state index in [1.165, 1.54) is 43.1 Å². The number of halogens is 3. The average Bonchev–Trinajstić information content (AvgIpc) is 2.58. The van der Waals surface area contributed by atoms with E-state index in [0.29, 0.717) is 22.5 Å². The van der Waals surface area contributed by atoms with Gasteiger partial charge in [0.05, 0.1) is 7.11 Å². The molecule has 3 rings (SSSR count). The summed E-state index contributed by atoms with van der Waals surface area (Å²) in [4.78, 5) is 13.3. The van der Waals surface area contributed by atoms with Gasteiger partial charge in [-0.2, -0.15) is 8.78 Å². The van der Waals surface area contributed by atoms with Crippen molar-refractivity contribution in [2.24, 2.45) is 0 Å². The molecule has 0 aliphatic carbocycles. The summed E-state index contributed by atoms with van der Waals surface area (Å²) in [5.41, 5.74) is 1.27. The Kier molecular flexibility index (Phi) is 5.03. The first-order chi connectivity index (χ1) is 12.0. The number of alkyl halides is 2. The van der Waals surface area contributed by atoms with Crippen molar-refractivity contribution in [3.63, 3.8) is 0 Å². The van der Waals surface area contributed by atoms with E-state index < -0.39 is 12.4 Å². The molecule has 0 atom stereocenters. The third-order valence-electron chi connectivity index (χ3n) is 3.61. The minimum Gasteiger partial charge on any atom is -0.493 e. The summed E-state index contributed by atoms with van der Waals surface area (Å²) >= 11 is 1.42. The number of rotatable bonds is 4. The largest absolute Gasteiger partial charge is 0.493 e. The second-order valence-corrected chi connectivity index (χ2v) is 6.23. The van der Waals surface area contributed by atoms with Crippen LogP contribution in [0.2, 0.25) is 0 Å². The van der Waals surface area contributed by atoms with Gasteiger partial charge in [0, 0.05) is 21.8 Å². The lowest BCUT2D eigenvalue weighted by atomic mass is 10.0. The summed E-state index contributed by atoms with van der Waals surface area (Å²) in [6, 6.07) is 8.58. The molecular weight excluding hydrogens is 353 g/mol. The number of methoxy groups -OCH3 is 1. The molecule has 0 fully saturated rings. The first-order valence-electron chi connectivity index (χ1n) is 7.28. The minimum atomic E-state index is -2.99. The van der Waals surface area contributed by atoms with Gasteiger partial charge in [0.25, 0.3) is 0 Å². The van der Waals surface area contributed by atoms with Crippen molar-refractivity contribution in [1.82, 2.24) is 0 Å². The Labute approximate surface area is 146 Å². The standard InChI is InChI=1S/C18H13F3O3S/c1-23-14-4-2-10(7-15(14)24-18(20)21)6-11-9-25-16-5-3-12(19)8-13(16)17(11)22/h2-8,18H,9H2,1H3. The number of fused-ring (bicyclic) bond motifs is 1. The van der Waals surface area contributed by atoms with E-state index in [1.54, 1.807) is 18.2 Å². The normalized spacial score (nSPS) is 15.4. The molecule has 25 heavy (non-hydrogen) atoms. The lowest BCUT2D eigenvalue weighted by Gasteiger charge is -2.17. The summed E-state index contributed by atoms with van der Waals surface area (Å²) < 4.78 is 47.8. The molecule has 0 saturated heterocycles. The molecule has 7 heteroatoms. The molecule has 2 aromatic carbocycles. The van der Waals surface area contributed by atoms with Gasteiger partial charge < -0.3 is 9.47 Å². The molecule has 130 valence electrons. The fourth-order valence-electron chi connectivity index (χ4n) is 2.48. The lowest BCUT2D eigenvalue weighted by Crippen LogP contribution is -2.12. The second kappa shape index (κ2) is 7.23. The number of hydrogen-bond donors (Lipinski definition) is 0. The van der Waals surface area contributed by atoms with E-state index in [1.807, 2.05) is 0 Å². The van der Waals surface area contributed by atoms with Gasteiger partial charge in [-0.25, -0.2) is 4.39 Å². The van der Waals surface area contributed by atoms with E-state index >= 15 is 0 Å². The van der Waals surface area contributed by atoms with Crippen LogP contribution in [0.4, 0.5) is 13.2 Å². The number of ether oxygens (including phenoxy) is 2. The second-order valence-electron chi connectivity index (χ2n) is 5.22. The van der Waals surface area contributed by atoms with Gasteiger partial charge in [0.1, 0.15) is 5.82 Å². The van der Waals surface area contributed by atoms with Crippen molar-refractivity contribution >= 4 is 23.6 Å². The Morgan fingerprint density at radius 2 is 1.96 bits per heavy atom. The summed E-state index contributed by atoms with van der Waals surface area (Å²) in [5.74, 6) is -0.297. The van der Waals surface area contributed by atoms with Crippen LogP contribution >= 0.6 is 11.8 Å². The predicted octanol–water partition coefficient (Wildman–Crippen LogP) is 4.81. The van der Waals surface area contributed by atoms with Gasteiger partial charge in [-0.05, 0) is 42.0 Å². The van der Waals surface area contributed by atoms with Crippen LogP contribution in [0, 0.1) is 5.82 Å². The van der Waals surface area contributed by atoms with Crippen molar-refractivity contribution < 1.29 is 27.4 Å². The topological polar surface area (TPSA) is 35.5 Å². The maximum absolute atomic E-state index is 13.4. The average molecular weight is 366 g/mol. The third kappa shape index (κ3) is 3.82. The van der Waals surface area contributed by atoms with Crippen LogP contribution in [-0.2, 0) is 0 Å². The maximum atomic E-state index is 13.4. The van der Waals surface area contributed by atoms with Gasteiger partial charge >= 0.3 is 6.61 Å². The fourth-order valence-corrected chi connectivity index (χ4v) is 3.48. The SMILES string of the molecule is COc1ccc(C=C2CSc3ccc(F)cc3C2=O)cc1OC(F)F. The number of carbonyl (C=O) groups excluding carboxylic acids is 1. The van der Waals surface area contributed by atoms with E-state index in [9.17, 15) is 18.0 Å². The molecule has 0 saturated carbocycles. The first kappa shape index (κ1) is 17.4. The van der Waals surface area contributed by atoms with Gasteiger partial charge in [-0.3, -0.25) is 4.79 Å². The zero-order chi connectivity index (χ0) is 18.0. The van der Waals surface area contributed by atoms with E-state index in [2.05, 4.69) is 4.74 Å². The molecule has 1 aliphatic rings. The Balaban J connectivity index is 1.94. The highest BCUT2D eigenvalue weighted by atomic mass is 32.2. The van der Waals surface area contributed by atoms with Gasteiger partial charge in [-0.1, -0.05) is 6.07 Å². The highest BCUT2D eigenvalue weighted by molar-refractivity contribution is 7.99. The quantitative estimate of drug-likeness (QED) is 0.728. The zero-order valence-corrected chi connectivity index (χ0v) is 13.9. The number of carbonyl (C=O) groups is 1. The molecule has 1 aliphatic heterocycles. The monoisotopic (exact) mass is 366 g/mol. The fraction of sp³-hybridized carbons (Fsp3) is 0.167. The summed E-state index contributed by atoms with van der Waals surface area (Å²) in [5, 5.41) is 0. The highest BCUT2D eigenvalue weighted by Gasteiger charge is 2.23.